The van der Waals surface area contributed by atoms with Crippen molar-refractivity contribution in [3.63, 3.8) is 0 Å². The zero-order valence-corrected chi connectivity index (χ0v) is 18.5. The van der Waals surface area contributed by atoms with Gasteiger partial charge in [-0.15, -0.1) is 0 Å². The fourth-order valence-electron chi connectivity index (χ4n) is 4.59. The Hall–Kier alpha value is -2.20. The van der Waals surface area contributed by atoms with Gasteiger partial charge >= 0.3 is 6.18 Å². The third-order valence-corrected chi connectivity index (χ3v) is 6.69. The first-order valence-corrected chi connectivity index (χ1v) is 10.8. The monoisotopic (exact) mass is 502 g/mol. The van der Waals surface area contributed by atoms with Crippen LogP contribution in [0.15, 0.2) is 35.5 Å². The molecule has 3 aliphatic rings. The van der Waals surface area contributed by atoms with Crippen molar-refractivity contribution in [3.05, 3.63) is 68.4 Å². The van der Waals surface area contributed by atoms with Crippen molar-refractivity contribution < 1.29 is 31.9 Å². The van der Waals surface area contributed by atoms with Crippen LogP contribution in [0, 0.1) is 11.7 Å². The van der Waals surface area contributed by atoms with Gasteiger partial charge in [0, 0.05) is 29.2 Å². The van der Waals surface area contributed by atoms with Crippen LogP contribution in [0.25, 0.3) is 0 Å². The topological polar surface area (TPSA) is 59.9 Å². The van der Waals surface area contributed by atoms with Gasteiger partial charge in [-0.1, -0.05) is 40.5 Å². The Kier molecular flexibility index (Phi) is 5.24. The molecule has 174 valence electrons. The van der Waals surface area contributed by atoms with Crippen molar-refractivity contribution in [1.29, 1.82) is 0 Å². The summed E-state index contributed by atoms with van der Waals surface area (Å²) >= 11 is 11.7. The molecule has 0 aromatic heterocycles. The Morgan fingerprint density at radius 3 is 2.52 bits per heavy atom. The van der Waals surface area contributed by atoms with Crippen LogP contribution >= 0.6 is 23.2 Å². The molecule has 0 bridgehead atoms. The van der Waals surface area contributed by atoms with Gasteiger partial charge in [0.15, 0.2) is 11.9 Å². The molecule has 3 aliphatic heterocycles. The minimum absolute atomic E-state index is 0.0345. The second-order valence-corrected chi connectivity index (χ2v) is 9.16. The summed E-state index contributed by atoms with van der Waals surface area (Å²) in [4.78, 5) is 17.3. The van der Waals surface area contributed by atoms with Gasteiger partial charge in [0.2, 0.25) is 0 Å². The number of benzene rings is 2. The minimum Gasteiger partial charge on any atom is -0.386 e. The molecule has 0 amide bonds. The summed E-state index contributed by atoms with van der Waals surface area (Å²) in [6, 6.07) is 6.73. The van der Waals surface area contributed by atoms with Gasteiger partial charge in [-0.25, -0.2) is 4.39 Å². The number of ketones is 1. The Morgan fingerprint density at radius 2 is 1.91 bits per heavy atom. The quantitative estimate of drug-likeness (QED) is 0.460. The van der Waals surface area contributed by atoms with Gasteiger partial charge in [-0.05, 0) is 36.2 Å². The molecule has 5 nitrogen and oxygen atoms in total. The van der Waals surface area contributed by atoms with Gasteiger partial charge in [-0.3, -0.25) is 4.79 Å². The van der Waals surface area contributed by atoms with Gasteiger partial charge < -0.3 is 14.9 Å². The van der Waals surface area contributed by atoms with E-state index in [-0.39, 0.29) is 16.4 Å². The number of ether oxygens (including phenoxy) is 1. The molecule has 3 atom stereocenters. The van der Waals surface area contributed by atoms with Crippen LogP contribution in [0.3, 0.4) is 0 Å². The number of hydrogen-bond acceptors (Lipinski definition) is 5. The molecule has 1 N–H and O–H groups in total. The number of oxime groups is 1. The first-order chi connectivity index (χ1) is 15.5. The van der Waals surface area contributed by atoms with E-state index in [9.17, 15) is 22.4 Å². The van der Waals surface area contributed by atoms with Crippen molar-refractivity contribution in [2.45, 2.75) is 30.9 Å². The largest absolute Gasteiger partial charge is 0.401 e. The highest BCUT2D eigenvalue weighted by atomic mass is 35.5. The highest BCUT2D eigenvalue weighted by Crippen LogP contribution is 2.49. The summed E-state index contributed by atoms with van der Waals surface area (Å²) in [5, 5.41) is 6.32. The third-order valence-electron chi connectivity index (χ3n) is 6.20. The number of fused-ring (bicyclic) bond motifs is 2. The van der Waals surface area contributed by atoms with E-state index in [1.807, 2.05) is 0 Å². The molecule has 0 aliphatic carbocycles. The summed E-state index contributed by atoms with van der Waals surface area (Å²) in [5.74, 6) is -3.60. The Morgan fingerprint density at radius 1 is 1.18 bits per heavy atom. The summed E-state index contributed by atoms with van der Waals surface area (Å²) in [7, 11) is 0. The maximum Gasteiger partial charge on any atom is 0.401 e. The second-order valence-electron chi connectivity index (χ2n) is 8.32. The minimum atomic E-state index is -4.82. The smallest absolute Gasteiger partial charge is 0.386 e. The van der Waals surface area contributed by atoms with Crippen molar-refractivity contribution in [1.82, 2.24) is 5.32 Å². The maximum absolute atomic E-state index is 14.6. The highest BCUT2D eigenvalue weighted by Gasteiger charge is 2.55. The lowest BCUT2D eigenvalue weighted by Crippen LogP contribution is -2.56. The number of carbonyl (C=O) groups excluding carboxylic acids is 1. The number of nitrogens with one attached hydrogen (secondary N) is 1. The normalized spacial score (nSPS) is 25.4. The van der Waals surface area contributed by atoms with Crippen molar-refractivity contribution in [2.75, 3.05) is 13.1 Å². The molecule has 0 saturated carbocycles. The molecule has 5 rings (SSSR count). The van der Waals surface area contributed by atoms with E-state index in [0.29, 0.717) is 18.7 Å². The fourth-order valence-corrected chi connectivity index (χ4v) is 5.10. The van der Waals surface area contributed by atoms with E-state index in [0.717, 1.165) is 17.7 Å². The molecule has 3 heterocycles. The average Bonchev–Trinajstić information content (AvgIpc) is 3.29. The fraction of sp³-hybridized carbons (Fsp3) is 0.364. The number of halogens is 6. The summed E-state index contributed by atoms with van der Waals surface area (Å²) < 4.78 is 63.2. The molecule has 3 unspecified atom stereocenters. The lowest BCUT2D eigenvalue weighted by atomic mass is 9.83. The number of alkyl halides is 3. The van der Waals surface area contributed by atoms with E-state index in [4.69, 9.17) is 32.8 Å². The molecular weight excluding hydrogens is 487 g/mol. The predicted molar refractivity (Wildman–Crippen MR) is 112 cm³/mol. The lowest BCUT2D eigenvalue weighted by molar-refractivity contribution is -0.178. The maximum atomic E-state index is 14.6. The number of nitrogens with zero attached hydrogens (tertiary/aromatic N) is 1. The third kappa shape index (κ3) is 3.53. The van der Waals surface area contributed by atoms with E-state index in [1.165, 1.54) is 19.1 Å². The molecule has 1 saturated heterocycles. The summed E-state index contributed by atoms with van der Waals surface area (Å²) in [6.07, 6.45) is -7.53. The first-order valence-electron chi connectivity index (χ1n) is 10.0. The molecule has 0 radical (unpaired) electrons. The molecular formula is C22H16Cl2F4N2O3. The average molecular weight is 503 g/mol. The molecule has 1 fully saturated rings. The Balaban J connectivity index is 1.58. The van der Waals surface area contributed by atoms with Crippen LogP contribution in [0.2, 0.25) is 10.0 Å². The summed E-state index contributed by atoms with van der Waals surface area (Å²) in [6.45, 7) is 2.35. The first kappa shape index (κ1) is 22.6. The standard InChI is InChI=1S/C22H16Cl2F4N2O3/c1-9(31)19-12-4-10(2-3-14(12)21(32-19)7-29-8-21)18-16(22(26,27)28)20(33-30-18)13-5-11(23)6-15(24)17(13)25/h2-6,16,19-20,29H,7-8H2,1H3. The molecule has 1 spiro atoms. The number of carbonyl (C=O) groups is 1. The number of Topliss-reactive ketones (excluding diaryl/α,β-unsaturated/α-hetero) is 1. The Labute approximate surface area is 195 Å². The van der Waals surface area contributed by atoms with Crippen LogP contribution in [0.5, 0.6) is 0 Å². The van der Waals surface area contributed by atoms with Crippen LogP contribution in [0.4, 0.5) is 17.6 Å². The van der Waals surface area contributed by atoms with Crippen molar-refractivity contribution >= 4 is 34.7 Å². The van der Waals surface area contributed by atoms with Crippen LogP contribution in [0.1, 0.15) is 41.4 Å². The van der Waals surface area contributed by atoms with E-state index < -0.39 is 52.0 Å². The van der Waals surface area contributed by atoms with Crippen LogP contribution in [-0.2, 0) is 20.0 Å². The van der Waals surface area contributed by atoms with E-state index in [1.54, 1.807) is 6.07 Å². The Bertz CT molecular complexity index is 1200. The zero-order valence-electron chi connectivity index (χ0n) is 17.0. The summed E-state index contributed by atoms with van der Waals surface area (Å²) in [5.41, 5.74) is -0.209. The molecule has 2 aromatic rings. The van der Waals surface area contributed by atoms with Crippen LogP contribution in [-0.4, -0.2) is 30.8 Å². The van der Waals surface area contributed by atoms with Crippen molar-refractivity contribution in [3.8, 4) is 0 Å². The SMILES string of the molecule is CC(=O)C1OC2(CNC2)c2ccc(C3=NOC(c4cc(Cl)cc(Cl)c4F)C3C(F)(F)F)cc21. The van der Waals surface area contributed by atoms with Crippen molar-refractivity contribution in [2.24, 2.45) is 11.1 Å². The predicted octanol–water partition coefficient (Wildman–Crippen LogP) is 5.25. The van der Waals surface area contributed by atoms with E-state index >= 15 is 0 Å². The highest BCUT2D eigenvalue weighted by molar-refractivity contribution is 6.34. The van der Waals surface area contributed by atoms with Gasteiger partial charge in [0.25, 0.3) is 0 Å². The molecule has 2 aromatic carbocycles. The van der Waals surface area contributed by atoms with Gasteiger partial charge in [0.05, 0.1) is 5.02 Å². The van der Waals surface area contributed by atoms with Crippen LogP contribution < -0.4 is 5.32 Å². The number of rotatable bonds is 3. The zero-order chi connectivity index (χ0) is 23.7. The molecule has 33 heavy (non-hydrogen) atoms. The lowest BCUT2D eigenvalue weighted by Gasteiger charge is -2.39. The van der Waals surface area contributed by atoms with Gasteiger partial charge in [0.1, 0.15) is 29.2 Å². The second kappa shape index (κ2) is 7.66. The molecule has 11 heteroatoms. The van der Waals surface area contributed by atoms with Gasteiger partial charge in [-0.2, -0.15) is 13.2 Å². The van der Waals surface area contributed by atoms with E-state index in [2.05, 4.69) is 10.5 Å². The number of hydrogen-bond donors (Lipinski definition) is 1.